The second-order valence-corrected chi connectivity index (χ2v) is 7.24. The van der Waals surface area contributed by atoms with Crippen molar-refractivity contribution < 1.29 is 14.4 Å². The van der Waals surface area contributed by atoms with Crippen molar-refractivity contribution in [2.75, 3.05) is 13.1 Å². The Morgan fingerprint density at radius 1 is 1.19 bits per heavy atom. The lowest BCUT2D eigenvalue weighted by atomic mass is 10.0. The molecule has 2 aliphatic heterocycles. The van der Waals surface area contributed by atoms with Crippen molar-refractivity contribution in [3.05, 3.63) is 35.4 Å². The van der Waals surface area contributed by atoms with Gasteiger partial charge >= 0.3 is 12.1 Å². The largest absolute Gasteiger partial charge is 0.343 e. The Labute approximate surface area is 159 Å². The summed E-state index contributed by atoms with van der Waals surface area (Å²) in [5.74, 6) is 0.0235. The molecule has 2 fully saturated rings. The average molecular weight is 373 g/mol. The van der Waals surface area contributed by atoms with E-state index in [2.05, 4.69) is 22.0 Å². The van der Waals surface area contributed by atoms with Gasteiger partial charge < -0.3 is 15.5 Å². The molecule has 3 N–H and O–H groups in total. The molecule has 0 saturated carbocycles. The van der Waals surface area contributed by atoms with E-state index in [1.165, 1.54) is 11.8 Å². The molecular formula is C19H27N5O3. The van der Waals surface area contributed by atoms with E-state index in [1.807, 2.05) is 32.0 Å². The topological polar surface area (TPSA) is 93.8 Å². The third kappa shape index (κ3) is 4.39. The van der Waals surface area contributed by atoms with Crippen molar-refractivity contribution >= 4 is 18.0 Å². The van der Waals surface area contributed by atoms with Crippen molar-refractivity contribution in [3.8, 4) is 0 Å². The zero-order valence-electron chi connectivity index (χ0n) is 16.0. The molecule has 0 aliphatic carbocycles. The number of hydrogen-bond donors (Lipinski definition) is 3. The average Bonchev–Trinajstić information content (AvgIpc) is 2.61. The first-order valence-corrected chi connectivity index (χ1v) is 9.33. The van der Waals surface area contributed by atoms with Gasteiger partial charge in [0.05, 0.1) is 0 Å². The summed E-state index contributed by atoms with van der Waals surface area (Å²) in [6, 6.07) is 7.02. The molecule has 3 rings (SSSR count). The molecule has 0 radical (unpaired) electrons. The number of imide groups is 1. The Hall–Kier alpha value is -2.61. The number of rotatable bonds is 4. The summed E-state index contributed by atoms with van der Waals surface area (Å²) in [7, 11) is 0. The van der Waals surface area contributed by atoms with Gasteiger partial charge in [-0.3, -0.25) is 10.1 Å². The SMILES string of the molecule is CC(=O)N1CCC(N2C(=O)NC(N[C@@H](C)c3cccc(C)c3)NC2=O)CC1. The molecule has 8 heteroatoms. The highest BCUT2D eigenvalue weighted by Gasteiger charge is 2.38. The van der Waals surface area contributed by atoms with Crippen LogP contribution in [0.5, 0.6) is 0 Å². The highest BCUT2D eigenvalue weighted by Crippen LogP contribution is 2.19. The Morgan fingerprint density at radius 3 is 2.37 bits per heavy atom. The lowest BCUT2D eigenvalue weighted by Gasteiger charge is -2.41. The summed E-state index contributed by atoms with van der Waals surface area (Å²) in [6.45, 7) is 6.66. The van der Waals surface area contributed by atoms with Crippen LogP contribution in [0.1, 0.15) is 43.9 Å². The fourth-order valence-corrected chi connectivity index (χ4v) is 3.65. The summed E-state index contributed by atoms with van der Waals surface area (Å²) in [4.78, 5) is 39.5. The zero-order valence-corrected chi connectivity index (χ0v) is 16.0. The summed E-state index contributed by atoms with van der Waals surface area (Å²) in [6.07, 6.45) is 0.560. The Balaban J connectivity index is 1.58. The fraction of sp³-hybridized carbons (Fsp3) is 0.526. The highest BCUT2D eigenvalue weighted by molar-refractivity contribution is 5.96. The van der Waals surface area contributed by atoms with E-state index in [9.17, 15) is 14.4 Å². The molecule has 8 nitrogen and oxygen atoms in total. The number of hydrogen-bond acceptors (Lipinski definition) is 4. The van der Waals surface area contributed by atoms with Gasteiger partial charge in [0.15, 0.2) is 6.29 Å². The Bertz CT molecular complexity index is 712. The van der Waals surface area contributed by atoms with Crippen molar-refractivity contribution in [2.45, 2.75) is 52.0 Å². The van der Waals surface area contributed by atoms with Crippen LogP contribution < -0.4 is 16.0 Å². The molecule has 0 aromatic heterocycles. The predicted molar refractivity (Wildman–Crippen MR) is 101 cm³/mol. The molecule has 0 bridgehead atoms. The van der Waals surface area contributed by atoms with Crippen LogP contribution in [0.25, 0.3) is 0 Å². The van der Waals surface area contributed by atoms with Crippen LogP contribution in [0.15, 0.2) is 24.3 Å². The smallest absolute Gasteiger partial charge is 0.328 e. The maximum atomic E-state index is 12.5. The van der Waals surface area contributed by atoms with Crippen molar-refractivity contribution in [1.82, 2.24) is 25.8 Å². The number of aryl methyl sites for hydroxylation is 1. The highest BCUT2D eigenvalue weighted by atomic mass is 16.2. The maximum absolute atomic E-state index is 12.5. The van der Waals surface area contributed by atoms with Crippen LogP contribution in [-0.2, 0) is 4.79 Å². The van der Waals surface area contributed by atoms with E-state index >= 15 is 0 Å². The second-order valence-electron chi connectivity index (χ2n) is 7.24. The Kier molecular flexibility index (Phi) is 5.65. The molecule has 2 saturated heterocycles. The number of nitrogens with one attached hydrogen (secondary N) is 3. The lowest BCUT2D eigenvalue weighted by molar-refractivity contribution is -0.130. The third-order valence-corrected chi connectivity index (χ3v) is 5.21. The number of likely N-dealkylation sites (tertiary alicyclic amines) is 1. The zero-order chi connectivity index (χ0) is 19.6. The van der Waals surface area contributed by atoms with Crippen LogP contribution in [-0.4, -0.2) is 53.2 Å². The van der Waals surface area contributed by atoms with Gasteiger partial charge in [-0.25, -0.2) is 14.5 Å². The number of nitrogens with zero attached hydrogens (tertiary/aromatic N) is 2. The van der Waals surface area contributed by atoms with Crippen LogP contribution in [0.3, 0.4) is 0 Å². The molecule has 2 aliphatic rings. The molecule has 0 spiro atoms. The summed E-state index contributed by atoms with van der Waals surface area (Å²) in [5.41, 5.74) is 2.23. The van der Waals surface area contributed by atoms with Crippen LogP contribution >= 0.6 is 0 Å². The molecule has 1 atom stereocenters. The molecule has 5 amide bonds. The van der Waals surface area contributed by atoms with Crippen LogP contribution in [0.2, 0.25) is 0 Å². The number of piperidine rings is 1. The molecule has 0 unspecified atom stereocenters. The van der Waals surface area contributed by atoms with E-state index in [0.717, 1.165) is 11.1 Å². The third-order valence-electron chi connectivity index (χ3n) is 5.21. The number of urea groups is 2. The van der Waals surface area contributed by atoms with E-state index in [0.29, 0.717) is 25.9 Å². The van der Waals surface area contributed by atoms with Gasteiger partial charge in [0.1, 0.15) is 0 Å². The van der Waals surface area contributed by atoms with E-state index in [4.69, 9.17) is 0 Å². The monoisotopic (exact) mass is 373 g/mol. The molecule has 1 aromatic carbocycles. The first-order chi connectivity index (χ1) is 12.8. The van der Waals surface area contributed by atoms with E-state index in [-0.39, 0.29) is 18.0 Å². The minimum atomic E-state index is -0.630. The molecule has 146 valence electrons. The number of carbonyl (C=O) groups is 3. The van der Waals surface area contributed by atoms with Gasteiger partial charge in [-0.05, 0) is 32.3 Å². The van der Waals surface area contributed by atoms with Gasteiger partial charge in [0, 0.05) is 32.1 Å². The van der Waals surface area contributed by atoms with E-state index in [1.54, 1.807) is 4.90 Å². The van der Waals surface area contributed by atoms with Crippen molar-refractivity contribution in [2.24, 2.45) is 0 Å². The molecule has 2 heterocycles. The predicted octanol–water partition coefficient (Wildman–Crippen LogP) is 1.67. The first kappa shape index (κ1) is 19.2. The summed E-state index contributed by atoms with van der Waals surface area (Å²) >= 11 is 0. The van der Waals surface area contributed by atoms with Crippen LogP contribution in [0.4, 0.5) is 9.59 Å². The quantitative estimate of drug-likeness (QED) is 0.748. The maximum Gasteiger partial charge on any atom is 0.328 e. The minimum absolute atomic E-state index is 0.0235. The normalized spacial score (nSPS) is 20.3. The minimum Gasteiger partial charge on any atom is -0.343 e. The van der Waals surface area contributed by atoms with E-state index < -0.39 is 18.4 Å². The van der Waals surface area contributed by atoms with Gasteiger partial charge in [-0.2, -0.15) is 0 Å². The fourth-order valence-electron chi connectivity index (χ4n) is 3.65. The van der Waals surface area contributed by atoms with Gasteiger partial charge in [-0.15, -0.1) is 0 Å². The second kappa shape index (κ2) is 7.96. The number of amides is 5. The van der Waals surface area contributed by atoms with Gasteiger partial charge in [0.25, 0.3) is 0 Å². The summed E-state index contributed by atoms with van der Waals surface area (Å²) in [5, 5.41) is 8.84. The molecular weight excluding hydrogens is 346 g/mol. The molecule has 1 aromatic rings. The van der Waals surface area contributed by atoms with Gasteiger partial charge in [0.2, 0.25) is 5.91 Å². The summed E-state index contributed by atoms with van der Waals surface area (Å²) < 4.78 is 0. The number of carbonyl (C=O) groups excluding carboxylic acids is 3. The lowest BCUT2D eigenvalue weighted by Crippen LogP contribution is -2.70. The van der Waals surface area contributed by atoms with Crippen molar-refractivity contribution in [1.29, 1.82) is 0 Å². The molecule has 27 heavy (non-hydrogen) atoms. The number of benzene rings is 1. The Morgan fingerprint density at radius 2 is 1.81 bits per heavy atom. The first-order valence-electron chi connectivity index (χ1n) is 9.33. The van der Waals surface area contributed by atoms with Gasteiger partial charge in [-0.1, -0.05) is 29.8 Å². The van der Waals surface area contributed by atoms with Crippen molar-refractivity contribution in [3.63, 3.8) is 0 Å². The van der Waals surface area contributed by atoms with Crippen LogP contribution in [0, 0.1) is 6.92 Å². The standard InChI is InChI=1S/C19H27N5O3/c1-12-5-4-6-15(11-12)13(2)20-17-21-18(26)24(19(27)22-17)16-7-9-23(10-8-16)14(3)25/h4-6,11,13,16-17,20H,7-10H2,1-3H3,(H,21,26)(H,22,27)/t13-/m0/s1.